The van der Waals surface area contributed by atoms with Crippen molar-refractivity contribution < 1.29 is 31.5 Å². The van der Waals surface area contributed by atoms with Crippen LogP contribution >= 0.6 is 0 Å². The average Bonchev–Trinajstić information content (AvgIpc) is 3.07. The van der Waals surface area contributed by atoms with Crippen molar-refractivity contribution in [3.05, 3.63) is 35.4 Å². The summed E-state index contributed by atoms with van der Waals surface area (Å²) < 4.78 is 71.5. The molecule has 4 rings (SSSR count). The highest BCUT2D eigenvalue weighted by Crippen LogP contribution is 2.42. The van der Waals surface area contributed by atoms with Gasteiger partial charge in [0.2, 0.25) is 5.65 Å². The van der Waals surface area contributed by atoms with E-state index in [1.807, 2.05) is 7.05 Å². The van der Waals surface area contributed by atoms with E-state index in [9.17, 15) is 27.1 Å². The molecule has 2 aromatic heterocycles. The summed E-state index contributed by atoms with van der Waals surface area (Å²) >= 11 is 0. The lowest BCUT2D eigenvalue weighted by molar-refractivity contribution is -0.137. The summed E-state index contributed by atoms with van der Waals surface area (Å²) in [7, 11) is 2.00. The molecule has 0 spiro atoms. The van der Waals surface area contributed by atoms with Crippen molar-refractivity contribution in [1.29, 1.82) is 0 Å². The van der Waals surface area contributed by atoms with Gasteiger partial charge in [-0.25, -0.2) is 13.8 Å². The van der Waals surface area contributed by atoms with Gasteiger partial charge in [-0.1, -0.05) is 0 Å². The van der Waals surface area contributed by atoms with Crippen LogP contribution in [0.1, 0.15) is 30.4 Å². The fourth-order valence-electron chi connectivity index (χ4n) is 3.74. The third-order valence-electron chi connectivity index (χ3n) is 5.17. The number of phenols is 1. The number of nitrogens with one attached hydrogen (secondary N) is 1. The molecule has 0 amide bonds. The zero-order valence-corrected chi connectivity index (χ0v) is 16.4. The van der Waals surface area contributed by atoms with Crippen LogP contribution < -0.4 is 5.32 Å². The second-order valence-corrected chi connectivity index (χ2v) is 7.54. The number of benzene rings is 1. The van der Waals surface area contributed by atoms with E-state index < -0.39 is 35.0 Å². The Balaban J connectivity index is 1.70. The maximum absolute atomic E-state index is 13.5. The minimum absolute atomic E-state index is 0.0867. The molecule has 0 bridgehead atoms. The van der Waals surface area contributed by atoms with Gasteiger partial charge in [0.25, 0.3) is 12.4 Å². The molecule has 1 aromatic carbocycles. The molecule has 1 atom stereocenters. The van der Waals surface area contributed by atoms with Crippen LogP contribution in [-0.2, 0) is 6.18 Å². The largest absolute Gasteiger partial charge is 0.507 e. The lowest BCUT2D eigenvalue weighted by atomic mass is 9.99. The predicted octanol–water partition coefficient (Wildman–Crippen LogP) is 5.06. The van der Waals surface area contributed by atoms with Gasteiger partial charge in [0.1, 0.15) is 5.75 Å². The normalized spacial score (nSPS) is 18.1. The molecule has 1 saturated heterocycles. The molecule has 0 aliphatic carbocycles. The van der Waals surface area contributed by atoms with E-state index in [0.29, 0.717) is 12.1 Å². The number of aromatic nitrogens is 2. The second-order valence-electron chi connectivity index (χ2n) is 7.54. The Bertz CT molecular complexity index is 1100. The summed E-state index contributed by atoms with van der Waals surface area (Å²) in [6.07, 6.45) is -6.19. The van der Waals surface area contributed by atoms with Crippen molar-refractivity contribution in [3.8, 4) is 17.0 Å². The first-order chi connectivity index (χ1) is 14.6. The number of pyridine rings is 1. The maximum Gasteiger partial charge on any atom is 0.416 e. The Morgan fingerprint density at radius 3 is 2.68 bits per heavy atom. The van der Waals surface area contributed by atoms with Gasteiger partial charge in [0.05, 0.1) is 16.8 Å². The number of hydrogen-bond acceptors (Lipinski definition) is 6. The van der Waals surface area contributed by atoms with E-state index in [0.717, 1.165) is 25.9 Å². The number of nitrogens with zero attached hydrogens (tertiary/aromatic N) is 3. The van der Waals surface area contributed by atoms with Crippen molar-refractivity contribution in [1.82, 2.24) is 14.9 Å². The first-order valence-electron chi connectivity index (χ1n) is 9.57. The SMILES string of the molecule is CN1CCC[C@@H](Nc2nc3nc(-c4c(O)cc(C(F)(F)F)cc4C(F)F)ccc3o2)C1. The molecule has 6 nitrogen and oxygen atoms in total. The lowest BCUT2D eigenvalue weighted by Gasteiger charge is -2.29. The number of hydrogen-bond donors (Lipinski definition) is 2. The van der Waals surface area contributed by atoms with E-state index in [2.05, 4.69) is 20.2 Å². The zero-order chi connectivity index (χ0) is 22.3. The second kappa shape index (κ2) is 7.95. The molecule has 31 heavy (non-hydrogen) atoms. The number of aromatic hydroxyl groups is 1. The maximum atomic E-state index is 13.5. The van der Waals surface area contributed by atoms with E-state index in [1.165, 1.54) is 12.1 Å². The van der Waals surface area contributed by atoms with E-state index in [-0.39, 0.29) is 29.0 Å². The van der Waals surface area contributed by atoms with Gasteiger partial charge < -0.3 is 19.7 Å². The highest BCUT2D eigenvalue weighted by molar-refractivity contribution is 5.79. The Labute approximate surface area is 173 Å². The summed E-state index contributed by atoms with van der Waals surface area (Å²) in [5.41, 5.74) is -2.58. The topological polar surface area (TPSA) is 74.4 Å². The van der Waals surface area contributed by atoms with E-state index in [4.69, 9.17) is 4.42 Å². The van der Waals surface area contributed by atoms with Crippen molar-refractivity contribution in [3.63, 3.8) is 0 Å². The first kappa shape index (κ1) is 21.3. The number of fused-ring (bicyclic) bond motifs is 1. The minimum Gasteiger partial charge on any atom is -0.507 e. The predicted molar refractivity (Wildman–Crippen MR) is 103 cm³/mol. The highest BCUT2D eigenvalue weighted by Gasteiger charge is 2.34. The van der Waals surface area contributed by atoms with Crippen LogP contribution in [-0.4, -0.2) is 46.2 Å². The molecular weight excluding hydrogens is 423 g/mol. The minimum atomic E-state index is -4.88. The average molecular weight is 442 g/mol. The number of rotatable bonds is 4. The Hall–Kier alpha value is -2.95. The molecule has 0 unspecified atom stereocenters. The van der Waals surface area contributed by atoms with Crippen LogP contribution in [0.4, 0.5) is 28.0 Å². The molecule has 2 N–H and O–H groups in total. The highest BCUT2D eigenvalue weighted by atomic mass is 19.4. The fourth-order valence-corrected chi connectivity index (χ4v) is 3.74. The number of phenolic OH excluding ortho intramolecular Hbond substituents is 1. The van der Waals surface area contributed by atoms with Crippen LogP contribution in [0.2, 0.25) is 0 Å². The Morgan fingerprint density at radius 2 is 2.00 bits per heavy atom. The van der Waals surface area contributed by atoms with Crippen molar-refractivity contribution in [2.24, 2.45) is 0 Å². The third-order valence-corrected chi connectivity index (χ3v) is 5.17. The Kier molecular flexibility index (Phi) is 5.46. The first-order valence-corrected chi connectivity index (χ1v) is 9.57. The number of halogens is 5. The quantitative estimate of drug-likeness (QED) is 0.551. The molecule has 0 saturated carbocycles. The lowest BCUT2D eigenvalue weighted by Crippen LogP contribution is -2.39. The van der Waals surface area contributed by atoms with Gasteiger partial charge in [-0.15, -0.1) is 0 Å². The Morgan fingerprint density at radius 1 is 1.23 bits per heavy atom. The number of alkyl halides is 5. The molecule has 1 aliphatic rings. The standard InChI is InChI=1S/C20H19F5N4O2/c1-29-6-2-3-11(9-29)26-19-28-18-15(31-19)5-4-13(27-18)16-12(17(21)22)7-10(8-14(16)30)20(23,24)25/h4-5,7-8,11,17,30H,2-3,6,9H2,1H3,(H,26,27,28)/t11-/m1/s1. The number of piperidine rings is 1. The van der Waals surface area contributed by atoms with Crippen molar-refractivity contribution in [2.75, 3.05) is 25.5 Å². The van der Waals surface area contributed by atoms with Crippen LogP contribution in [0.15, 0.2) is 28.7 Å². The van der Waals surface area contributed by atoms with Gasteiger partial charge in [0, 0.05) is 18.2 Å². The van der Waals surface area contributed by atoms with E-state index >= 15 is 0 Å². The van der Waals surface area contributed by atoms with Gasteiger partial charge in [0.15, 0.2) is 5.58 Å². The number of oxazole rings is 1. The van der Waals surface area contributed by atoms with Gasteiger partial charge >= 0.3 is 6.18 Å². The molecule has 1 aliphatic heterocycles. The summed E-state index contributed by atoms with van der Waals surface area (Å²) in [6.45, 7) is 1.80. The number of likely N-dealkylation sites (N-methyl/N-ethyl adjacent to an activating group) is 1. The monoisotopic (exact) mass is 442 g/mol. The summed E-state index contributed by atoms with van der Waals surface area (Å²) in [4.78, 5) is 10.5. The summed E-state index contributed by atoms with van der Waals surface area (Å²) in [6, 6.07) is 3.78. The van der Waals surface area contributed by atoms with Crippen LogP contribution in [0.25, 0.3) is 22.5 Å². The summed E-state index contributed by atoms with van der Waals surface area (Å²) in [5, 5.41) is 13.3. The number of likely N-dealkylation sites (tertiary alicyclic amines) is 1. The zero-order valence-electron chi connectivity index (χ0n) is 16.4. The van der Waals surface area contributed by atoms with Gasteiger partial charge in [-0.3, -0.25) is 0 Å². The third kappa shape index (κ3) is 4.41. The molecular formula is C20H19F5N4O2. The van der Waals surface area contributed by atoms with Crippen molar-refractivity contribution in [2.45, 2.75) is 31.5 Å². The van der Waals surface area contributed by atoms with Crippen LogP contribution in [0.5, 0.6) is 5.75 Å². The van der Waals surface area contributed by atoms with Crippen LogP contribution in [0, 0.1) is 0 Å². The fraction of sp³-hybridized carbons (Fsp3) is 0.400. The van der Waals surface area contributed by atoms with E-state index in [1.54, 1.807) is 0 Å². The van der Waals surface area contributed by atoms with Gasteiger partial charge in [-0.05, 0) is 50.7 Å². The number of anilines is 1. The molecule has 3 heterocycles. The summed E-state index contributed by atoms with van der Waals surface area (Å²) in [5.74, 6) is -0.941. The molecule has 0 radical (unpaired) electrons. The van der Waals surface area contributed by atoms with Crippen LogP contribution in [0.3, 0.4) is 0 Å². The molecule has 11 heteroatoms. The van der Waals surface area contributed by atoms with Crippen molar-refractivity contribution >= 4 is 17.2 Å². The molecule has 166 valence electrons. The van der Waals surface area contributed by atoms with Gasteiger partial charge in [-0.2, -0.15) is 18.2 Å². The molecule has 1 fully saturated rings. The molecule has 3 aromatic rings. The smallest absolute Gasteiger partial charge is 0.416 e.